The Labute approximate surface area is 105 Å². The van der Waals surface area contributed by atoms with Gasteiger partial charge in [-0.3, -0.25) is 14.6 Å². The maximum Gasteiger partial charge on any atom is 0.267 e. The fourth-order valence-corrected chi connectivity index (χ4v) is 2.12. The zero-order valence-corrected chi connectivity index (χ0v) is 11.0. The Kier molecular flexibility index (Phi) is 3.43. The van der Waals surface area contributed by atoms with Crippen molar-refractivity contribution >= 4 is 11.8 Å². The Balaban J connectivity index is 2.39. The molecule has 1 N–H and O–H groups in total. The van der Waals surface area contributed by atoms with Crippen LogP contribution >= 0.6 is 11.8 Å². The molecular weight excluding hydrogens is 232 g/mol. The molecule has 2 aromatic rings. The average molecular weight is 248 g/mol. The predicted octanol–water partition coefficient (Wildman–Crippen LogP) is 3.15. The highest BCUT2D eigenvalue weighted by Crippen LogP contribution is 2.21. The number of hydrogen-bond donors (Lipinski definition) is 1. The number of aromatic amines is 1. The second-order valence-electron chi connectivity index (χ2n) is 4.20. The van der Waals surface area contributed by atoms with Gasteiger partial charge in [0, 0.05) is 17.0 Å². The van der Waals surface area contributed by atoms with E-state index in [1.54, 1.807) is 22.5 Å². The zero-order chi connectivity index (χ0) is 12.4. The number of rotatable bonds is 3. The van der Waals surface area contributed by atoms with E-state index >= 15 is 0 Å². The highest BCUT2D eigenvalue weighted by molar-refractivity contribution is 7.98. The van der Waals surface area contributed by atoms with E-state index in [-0.39, 0.29) is 11.6 Å². The van der Waals surface area contributed by atoms with Gasteiger partial charge in [0.25, 0.3) is 5.56 Å². The molecule has 90 valence electrons. The van der Waals surface area contributed by atoms with Gasteiger partial charge in [-0.05, 0) is 37.8 Å². The summed E-state index contributed by atoms with van der Waals surface area (Å²) in [4.78, 5) is 12.9. The molecular formula is C13H16N2OS. The van der Waals surface area contributed by atoms with Crippen LogP contribution in [0.2, 0.25) is 0 Å². The van der Waals surface area contributed by atoms with Crippen LogP contribution in [0.1, 0.15) is 19.9 Å². The number of aromatic nitrogens is 2. The van der Waals surface area contributed by atoms with Crippen LogP contribution in [-0.4, -0.2) is 16.0 Å². The van der Waals surface area contributed by atoms with E-state index in [0.717, 1.165) is 11.3 Å². The van der Waals surface area contributed by atoms with Gasteiger partial charge in [-0.2, -0.15) is 0 Å². The summed E-state index contributed by atoms with van der Waals surface area (Å²) >= 11 is 1.71. The number of nitrogens with zero attached hydrogens (tertiary/aromatic N) is 1. The van der Waals surface area contributed by atoms with Crippen molar-refractivity contribution in [2.24, 2.45) is 0 Å². The lowest BCUT2D eigenvalue weighted by Gasteiger charge is -2.05. The number of H-pyrrole nitrogens is 1. The molecule has 0 amide bonds. The lowest BCUT2D eigenvalue weighted by atomic mass is 10.2. The largest absolute Gasteiger partial charge is 0.295 e. The Morgan fingerprint density at radius 3 is 2.35 bits per heavy atom. The summed E-state index contributed by atoms with van der Waals surface area (Å²) in [5.74, 6) is 0. The second-order valence-corrected chi connectivity index (χ2v) is 5.08. The molecule has 0 spiro atoms. The van der Waals surface area contributed by atoms with Gasteiger partial charge in [-0.1, -0.05) is 12.1 Å². The highest BCUT2D eigenvalue weighted by atomic mass is 32.2. The smallest absolute Gasteiger partial charge is 0.267 e. The van der Waals surface area contributed by atoms with E-state index in [1.165, 1.54) is 4.90 Å². The lowest BCUT2D eigenvalue weighted by Crippen LogP contribution is -2.17. The summed E-state index contributed by atoms with van der Waals surface area (Å²) in [6.45, 7) is 3.97. The van der Waals surface area contributed by atoms with Gasteiger partial charge in [0.2, 0.25) is 0 Å². The van der Waals surface area contributed by atoms with E-state index in [2.05, 4.69) is 17.2 Å². The first kappa shape index (κ1) is 12.0. The normalized spacial score (nSPS) is 11.1. The van der Waals surface area contributed by atoms with Gasteiger partial charge in [-0.25, -0.2) is 0 Å². The number of benzene rings is 1. The Morgan fingerprint density at radius 2 is 1.88 bits per heavy atom. The van der Waals surface area contributed by atoms with Crippen molar-refractivity contribution in [1.82, 2.24) is 9.78 Å². The fourth-order valence-electron chi connectivity index (χ4n) is 1.71. The molecule has 0 saturated carbocycles. The molecule has 4 heteroatoms. The van der Waals surface area contributed by atoms with Crippen LogP contribution in [0, 0.1) is 0 Å². The third-order valence-corrected chi connectivity index (χ3v) is 3.41. The van der Waals surface area contributed by atoms with E-state index in [0.29, 0.717) is 0 Å². The summed E-state index contributed by atoms with van der Waals surface area (Å²) in [6, 6.07) is 9.98. The van der Waals surface area contributed by atoms with Gasteiger partial charge in [0.15, 0.2) is 0 Å². The third-order valence-electron chi connectivity index (χ3n) is 2.66. The third kappa shape index (κ3) is 2.47. The van der Waals surface area contributed by atoms with Crippen molar-refractivity contribution in [2.75, 3.05) is 6.26 Å². The zero-order valence-electron chi connectivity index (χ0n) is 10.2. The second kappa shape index (κ2) is 4.84. The molecule has 1 aromatic heterocycles. The molecule has 0 fully saturated rings. The van der Waals surface area contributed by atoms with Crippen LogP contribution in [-0.2, 0) is 0 Å². The molecule has 2 rings (SSSR count). The molecule has 17 heavy (non-hydrogen) atoms. The Hall–Kier alpha value is -1.42. The van der Waals surface area contributed by atoms with Crippen LogP contribution in [0.25, 0.3) is 11.3 Å². The highest BCUT2D eigenvalue weighted by Gasteiger charge is 2.07. The SMILES string of the molecule is CSc1ccc(-c2cc(=O)n(C(C)C)[nH]2)cc1. The van der Waals surface area contributed by atoms with Crippen molar-refractivity contribution in [3.8, 4) is 11.3 Å². The van der Waals surface area contributed by atoms with E-state index in [9.17, 15) is 4.79 Å². The number of nitrogens with one attached hydrogen (secondary N) is 1. The van der Waals surface area contributed by atoms with Crippen molar-refractivity contribution in [3.63, 3.8) is 0 Å². The molecule has 0 bridgehead atoms. The summed E-state index contributed by atoms with van der Waals surface area (Å²) in [7, 11) is 0. The van der Waals surface area contributed by atoms with Crippen LogP contribution in [0.4, 0.5) is 0 Å². The first-order valence-corrected chi connectivity index (χ1v) is 6.80. The Morgan fingerprint density at radius 1 is 1.24 bits per heavy atom. The van der Waals surface area contributed by atoms with Crippen LogP contribution in [0.5, 0.6) is 0 Å². The monoisotopic (exact) mass is 248 g/mol. The minimum Gasteiger partial charge on any atom is -0.295 e. The van der Waals surface area contributed by atoms with Crippen molar-refractivity contribution < 1.29 is 0 Å². The standard InChI is InChI=1S/C13H16N2OS/c1-9(2)15-13(16)8-12(14-15)10-4-6-11(17-3)7-5-10/h4-9,14H,1-3H3. The van der Waals surface area contributed by atoms with Crippen molar-refractivity contribution in [3.05, 3.63) is 40.7 Å². The van der Waals surface area contributed by atoms with Crippen LogP contribution in [0.15, 0.2) is 40.0 Å². The van der Waals surface area contributed by atoms with Gasteiger partial charge < -0.3 is 0 Å². The van der Waals surface area contributed by atoms with E-state index in [1.807, 2.05) is 32.2 Å². The Bertz CT molecular complexity index is 552. The molecule has 0 saturated heterocycles. The number of hydrogen-bond acceptors (Lipinski definition) is 2. The average Bonchev–Trinajstić information content (AvgIpc) is 2.71. The molecule has 1 heterocycles. The molecule has 1 aromatic carbocycles. The minimum absolute atomic E-state index is 0.0175. The maximum atomic E-state index is 11.7. The minimum atomic E-state index is 0.0175. The van der Waals surface area contributed by atoms with Gasteiger partial charge in [0.05, 0.1) is 5.69 Å². The summed E-state index contributed by atoms with van der Waals surface area (Å²) in [5, 5.41) is 3.13. The van der Waals surface area contributed by atoms with Gasteiger partial charge in [-0.15, -0.1) is 11.8 Å². The summed E-state index contributed by atoms with van der Waals surface area (Å²) in [5.41, 5.74) is 1.93. The molecule has 0 unspecified atom stereocenters. The predicted molar refractivity (Wildman–Crippen MR) is 72.7 cm³/mol. The van der Waals surface area contributed by atoms with Crippen molar-refractivity contribution in [2.45, 2.75) is 24.8 Å². The lowest BCUT2D eigenvalue weighted by molar-refractivity contribution is 0.518. The molecule has 0 atom stereocenters. The molecule has 0 radical (unpaired) electrons. The topological polar surface area (TPSA) is 37.8 Å². The molecule has 0 aliphatic carbocycles. The quantitative estimate of drug-likeness (QED) is 0.847. The maximum absolute atomic E-state index is 11.7. The van der Waals surface area contributed by atoms with Crippen LogP contribution < -0.4 is 5.56 Å². The van der Waals surface area contributed by atoms with Crippen LogP contribution in [0.3, 0.4) is 0 Å². The van der Waals surface area contributed by atoms with E-state index < -0.39 is 0 Å². The van der Waals surface area contributed by atoms with Gasteiger partial charge >= 0.3 is 0 Å². The summed E-state index contributed by atoms with van der Waals surface area (Å²) in [6.07, 6.45) is 2.05. The first-order valence-electron chi connectivity index (χ1n) is 5.58. The van der Waals surface area contributed by atoms with Crippen molar-refractivity contribution in [1.29, 1.82) is 0 Å². The van der Waals surface area contributed by atoms with E-state index in [4.69, 9.17) is 0 Å². The first-order chi connectivity index (χ1) is 8.11. The summed E-state index contributed by atoms with van der Waals surface area (Å²) < 4.78 is 1.64. The number of thioether (sulfide) groups is 1. The van der Waals surface area contributed by atoms with Gasteiger partial charge in [0.1, 0.15) is 0 Å². The fraction of sp³-hybridized carbons (Fsp3) is 0.308. The molecule has 0 aliphatic rings. The molecule has 0 aliphatic heterocycles. The molecule has 3 nitrogen and oxygen atoms in total.